The maximum atomic E-state index is 12.2. The Balaban J connectivity index is 1.93. The fourth-order valence-corrected chi connectivity index (χ4v) is 4.26. The summed E-state index contributed by atoms with van der Waals surface area (Å²) >= 11 is 0. The number of aryl methyl sites for hydroxylation is 2. The van der Waals surface area contributed by atoms with E-state index in [4.69, 9.17) is 18.9 Å². The zero-order valence-electron chi connectivity index (χ0n) is 18.3. The van der Waals surface area contributed by atoms with Crippen molar-refractivity contribution in [1.29, 1.82) is 0 Å². The number of allylic oxidation sites excluding steroid dienone is 4. The molecule has 0 aromatic heterocycles. The van der Waals surface area contributed by atoms with E-state index in [-0.39, 0.29) is 13.2 Å². The van der Waals surface area contributed by atoms with E-state index in [1.54, 1.807) is 13.8 Å². The second-order valence-electron chi connectivity index (χ2n) is 7.48. The van der Waals surface area contributed by atoms with Crippen LogP contribution in [0.15, 0.2) is 60.0 Å². The van der Waals surface area contributed by atoms with Crippen LogP contribution in [0, 0.1) is 0 Å². The van der Waals surface area contributed by atoms with Gasteiger partial charge in [0.2, 0.25) is 0 Å². The van der Waals surface area contributed by atoms with Gasteiger partial charge in [-0.1, -0.05) is 48.5 Å². The Labute approximate surface area is 187 Å². The molecule has 2 aromatic rings. The standard InChI is InChI=1S/C26H26O6/c1-3-29-25(27)31-21-15-13-17-9-5-7-11-19(17)23(21)24-20-12-8-6-10-18(20)14-16-22(24)32-26(28)30-4-2/h5-12H,3-4,13-16H2,1-2H3. The number of rotatable bonds is 5. The molecule has 6 heteroatoms. The summed E-state index contributed by atoms with van der Waals surface area (Å²) in [5.41, 5.74) is 5.71. The zero-order chi connectivity index (χ0) is 22.5. The minimum absolute atomic E-state index is 0.223. The lowest BCUT2D eigenvalue weighted by Gasteiger charge is -2.29. The third kappa shape index (κ3) is 4.40. The van der Waals surface area contributed by atoms with Crippen molar-refractivity contribution in [2.24, 2.45) is 0 Å². The van der Waals surface area contributed by atoms with Gasteiger partial charge in [0.15, 0.2) is 0 Å². The number of benzene rings is 2. The number of carbonyl (C=O) groups is 2. The van der Waals surface area contributed by atoms with Crippen molar-refractivity contribution in [1.82, 2.24) is 0 Å². The molecule has 0 aliphatic heterocycles. The fourth-order valence-electron chi connectivity index (χ4n) is 4.26. The Morgan fingerprint density at radius 2 is 1.06 bits per heavy atom. The van der Waals surface area contributed by atoms with Gasteiger partial charge in [0.05, 0.1) is 13.2 Å². The maximum absolute atomic E-state index is 12.2. The van der Waals surface area contributed by atoms with Crippen LogP contribution in [0.3, 0.4) is 0 Å². The lowest BCUT2D eigenvalue weighted by molar-refractivity contribution is 0.0778. The molecule has 2 aliphatic rings. The molecule has 0 fully saturated rings. The molecule has 0 bridgehead atoms. The molecule has 6 nitrogen and oxygen atoms in total. The number of hydrogen-bond donors (Lipinski definition) is 0. The Morgan fingerprint density at radius 3 is 1.47 bits per heavy atom. The first-order valence-electron chi connectivity index (χ1n) is 10.9. The first-order valence-corrected chi connectivity index (χ1v) is 10.9. The van der Waals surface area contributed by atoms with Crippen LogP contribution in [-0.4, -0.2) is 25.5 Å². The van der Waals surface area contributed by atoms with Crippen molar-refractivity contribution < 1.29 is 28.5 Å². The summed E-state index contributed by atoms with van der Waals surface area (Å²) in [5, 5.41) is 0. The average Bonchev–Trinajstić information content (AvgIpc) is 2.79. The molecule has 166 valence electrons. The Hall–Kier alpha value is -3.54. The molecule has 32 heavy (non-hydrogen) atoms. The van der Waals surface area contributed by atoms with Gasteiger partial charge in [0.25, 0.3) is 0 Å². The molecule has 0 atom stereocenters. The van der Waals surface area contributed by atoms with Crippen molar-refractivity contribution in [2.75, 3.05) is 13.2 Å². The van der Waals surface area contributed by atoms with Crippen molar-refractivity contribution in [2.45, 2.75) is 39.5 Å². The monoisotopic (exact) mass is 434 g/mol. The summed E-state index contributed by atoms with van der Waals surface area (Å²) in [4.78, 5) is 24.5. The first kappa shape index (κ1) is 21.7. The van der Waals surface area contributed by atoms with Gasteiger partial charge in [-0.3, -0.25) is 0 Å². The van der Waals surface area contributed by atoms with Crippen LogP contribution in [0.2, 0.25) is 0 Å². The topological polar surface area (TPSA) is 71.1 Å². The predicted octanol–water partition coefficient (Wildman–Crippen LogP) is 6.05. The van der Waals surface area contributed by atoms with Gasteiger partial charge in [-0.15, -0.1) is 0 Å². The van der Waals surface area contributed by atoms with Gasteiger partial charge in [0.1, 0.15) is 11.5 Å². The van der Waals surface area contributed by atoms with Crippen LogP contribution >= 0.6 is 0 Å². The van der Waals surface area contributed by atoms with Crippen LogP contribution in [0.1, 0.15) is 48.9 Å². The minimum Gasteiger partial charge on any atom is -0.434 e. The molecule has 0 heterocycles. The fraction of sp³-hybridized carbons (Fsp3) is 0.308. The van der Waals surface area contributed by atoms with Gasteiger partial charge < -0.3 is 18.9 Å². The van der Waals surface area contributed by atoms with Gasteiger partial charge in [-0.05, 0) is 48.9 Å². The number of hydrogen-bond acceptors (Lipinski definition) is 6. The highest BCUT2D eigenvalue weighted by Crippen LogP contribution is 2.46. The van der Waals surface area contributed by atoms with E-state index >= 15 is 0 Å². The van der Waals surface area contributed by atoms with E-state index in [1.807, 2.05) is 36.4 Å². The molecule has 0 unspecified atom stereocenters. The summed E-state index contributed by atoms with van der Waals surface area (Å²) in [5.74, 6) is 1.03. The van der Waals surface area contributed by atoms with Gasteiger partial charge in [-0.2, -0.15) is 0 Å². The van der Waals surface area contributed by atoms with Crippen LogP contribution in [0.5, 0.6) is 0 Å². The third-order valence-corrected chi connectivity index (χ3v) is 5.56. The zero-order valence-corrected chi connectivity index (χ0v) is 18.3. The van der Waals surface area contributed by atoms with Crippen LogP contribution in [0.25, 0.3) is 11.1 Å². The molecule has 0 N–H and O–H groups in total. The summed E-state index contributed by atoms with van der Waals surface area (Å²) in [7, 11) is 0. The molecule has 4 rings (SSSR count). The highest BCUT2D eigenvalue weighted by atomic mass is 16.7. The second kappa shape index (κ2) is 9.73. The first-order chi connectivity index (χ1) is 15.6. The molecule has 0 saturated heterocycles. The molecule has 0 radical (unpaired) electrons. The van der Waals surface area contributed by atoms with E-state index in [0.717, 1.165) is 46.2 Å². The third-order valence-electron chi connectivity index (χ3n) is 5.56. The van der Waals surface area contributed by atoms with Crippen molar-refractivity contribution >= 4 is 23.5 Å². The van der Waals surface area contributed by atoms with E-state index in [2.05, 4.69) is 12.1 Å². The summed E-state index contributed by atoms with van der Waals surface area (Å²) in [6.07, 6.45) is 1.05. The van der Waals surface area contributed by atoms with Gasteiger partial charge in [-0.25, -0.2) is 9.59 Å². The Kier molecular flexibility index (Phi) is 6.59. The minimum atomic E-state index is -0.739. The molecule has 0 saturated carbocycles. The van der Waals surface area contributed by atoms with Crippen molar-refractivity contribution in [3.05, 3.63) is 82.3 Å². The number of ether oxygens (including phenoxy) is 4. The summed E-state index contributed by atoms with van der Waals surface area (Å²) < 4.78 is 21.5. The van der Waals surface area contributed by atoms with Crippen molar-refractivity contribution in [3.8, 4) is 0 Å². The molecule has 0 spiro atoms. The average molecular weight is 434 g/mol. The lowest BCUT2D eigenvalue weighted by atomic mass is 9.78. The highest BCUT2D eigenvalue weighted by molar-refractivity contribution is 6.09. The second-order valence-corrected chi connectivity index (χ2v) is 7.48. The summed E-state index contributed by atoms with van der Waals surface area (Å²) in [6, 6.07) is 16.0. The molecule has 2 aromatic carbocycles. The van der Waals surface area contributed by atoms with Crippen LogP contribution < -0.4 is 0 Å². The molecular weight excluding hydrogens is 408 g/mol. The predicted molar refractivity (Wildman–Crippen MR) is 120 cm³/mol. The molecule has 0 amide bonds. The van der Waals surface area contributed by atoms with Crippen LogP contribution in [-0.2, 0) is 31.8 Å². The van der Waals surface area contributed by atoms with Gasteiger partial charge >= 0.3 is 12.3 Å². The Morgan fingerprint density at radius 1 is 0.656 bits per heavy atom. The summed E-state index contributed by atoms with van der Waals surface area (Å²) in [6.45, 7) is 3.91. The highest BCUT2D eigenvalue weighted by Gasteiger charge is 2.32. The van der Waals surface area contributed by atoms with E-state index in [0.29, 0.717) is 24.4 Å². The SMILES string of the molecule is CCOC(=O)OC1=C(C2=C(OC(=O)OCC)CCc3ccccc32)c2ccccc2CC1. The molecule has 2 aliphatic carbocycles. The van der Waals surface area contributed by atoms with E-state index in [1.165, 1.54) is 0 Å². The molecular formula is C26H26O6. The Bertz CT molecular complexity index is 1010. The quantitative estimate of drug-likeness (QED) is 0.534. The van der Waals surface area contributed by atoms with E-state index < -0.39 is 12.3 Å². The normalized spacial score (nSPS) is 14.9. The number of fused-ring (bicyclic) bond motifs is 2. The van der Waals surface area contributed by atoms with E-state index in [9.17, 15) is 9.59 Å². The number of carbonyl (C=O) groups excluding carboxylic acids is 2. The smallest absolute Gasteiger partial charge is 0.434 e. The lowest BCUT2D eigenvalue weighted by Crippen LogP contribution is -2.18. The van der Waals surface area contributed by atoms with Crippen LogP contribution in [0.4, 0.5) is 9.59 Å². The maximum Gasteiger partial charge on any atom is 0.513 e. The van der Waals surface area contributed by atoms with Crippen molar-refractivity contribution in [3.63, 3.8) is 0 Å². The largest absolute Gasteiger partial charge is 0.513 e. The van der Waals surface area contributed by atoms with Gasteiger partial charge in [0, 0.05) is 24.0 Å².